The summed E-state index contributed by atoms with van der Waals surface area (Å²) < 4.78 is 5.45. The monoisotopic (exact) mass is 442 g/mol. The van der Waals surface area contributed by atoms with Crippen molar-refractivity contribution in [1.29, 1.82) is 0 Å². The minimum absolute atomic E-state index is 0.0680. The van der Waals surface area contributed by atoms with E-state index in [0.29, 0.717) is 17.2 Å². The van der Waals surface area contributed by atoms with Crippen LogP contribution in [0, 0.1) is 0 Å². The zero-order valence-electron chi connectivity index (χ0n) is 18.9. The highest BCUT2D eigenvalue weighted by Crippen LogP contribution is 2.41. The van der Waals surface area contributed by atoms with E-state index in [1.807, 2.05) is 48.5 Å². The number of amides is 1. The lowest BCUT2D eigenvalue weighted by Gasteiger charge is -2.26. The molecule has 0 spiro atoms. The molecule has 33 heavy (non-hydrogen) atoms. The van der Waals surface area contributed by atoms with Crippen molar-refractivity contribution in [1.82, 2.24) is 9.88 Å². The lowest BCUT2D eigenvalue weighted by Crippen LogP contribution is -2.29. The van der Waals surface area contributed by atoms with Gasteiger partial charge >= 0.3 is 0 Å². The summed E-state index contributed by atoms with van der Waals surface area (Å²) in [6, 6.07) is 17.7. The zero-order chi connectivity index (χ0) is 23.5. The van der Waals surface area contributed by atoms with Crippen molar-refractivity contribution in [2.24, 2.45) is 0 Å². The summed E-state index contributed by atoms with van der Waals surface area (Å²) in [5, 5.41) is 11.1. The molecule has 3 aromatic rings. The number of benzene rings is 2. The highest BCUT2D eigenvalue weighted by atomic mass is 16.5. The molecule has 0 radical (unpaired) electrons. The molecule has 1 N–H and O–H groups in total. The smallest absolute Gasteiger partial charge is 0.295 e. The van der Waals surface area contributed by atoms with E-state index in [-0.39, 0.29) is 17.9 Å². The van der Waals surface area contributed by atoms with Crippen molar-refractivity contribution in [2.45, 2.75) is 32.4 Å². The van der Waals surface area contributed by atoms with Crippen LogP contribution in [0.2, 0.25) is 0 Å². The molecule has 1 unspecified atom stereocenters. The first-order valence-electron chi connectivity index (χ1n) is 10.8. The maximum Gasteiger partial charge on any atom is 0.295 e. The van der Waals surface area contributed by atoms with Crippen LogP contribution in [0.3, 0.4) is 0 Å². The molecule has 1 amide bonds. The normalized spacial score (nSPS) is 17.6. The van der Waals surface area contributed by atoms with E-state index in [1.54, 1.807) is 19.2 Å². The molecule has 1 saturated heterocycles. The second kappa shape index (κ2) is 9.28. The standard InChI is InChI=1S/C27H26N2O4/c1-17(2)18-8-10-19(11-9-18)24-23(25(30)20-12-14-28-15-13-20)26(31)27(32)29(24)16-21-6-4-5-7-22(21)33-3/h4-15,17,24,30H,16H2,1-3H3/b25-23+. The van der Waals surface area contributed by atoms with Gasteiger partial charge in [0.05, 0.1) is 25.3 Å². The quantitative estimate of drug-likeness (QED) is 0.336. The number of hydrogen-bond acceptors (Lipinski definition) is 5. The number of hydrogen-bond donors (Lipinski definition) is 1. The van der Waals surface area contributed by atoms with Gasteiger partial charge in [-0.2, -0.15) is 0 Å². The van der Waals surface area contributed by atoms with Gasteiger partial charge < -0.3 is 14.7 Å². The highest BCUT2D eigenvalue weighted by Gasteiger charge is 2.46. The number of para-hydroxylation sites is 1. The van der Waals surface area contributed by atoms with Crippen molar-refractivity contribution in [3.05, 3.63) is 101 Å². The Morgan fingerprint density at radius 2 is 1.70 bits per heavy atom. The van der Waals surface area contributed by atoms with Crippen LogP contribution in [0.5, 0.6) is 5.75 Å². The SMILES string of the molecule is COc1ccccc1CN1C(=O)C(=O)/C(=C(/O)c2ccncc2)C1c1ccc(C(C)C)cc1. The Morgan fingerprint density at radius 1 is 1.03 bits per heavy atom. The molecule has 1 aliphatic rings. The summed E-state index contributed by atoms with van der Waals surface area (Å²) in [4.78, 5) is 31.8. The summed E-state index contributed by atoms with van der Waals surface area (Å²) in [6.07, 6.45) is 3.07. The van der Waals surface area contributed by atoms with Crippen molar-refractivity contribution in [3.8, 4) is 5.75 Å². The molecule has 168 valence electrons. The molecule has 1 atom stereocenters. The molecule has 0 bridgehead atoms. The van der Waals surface area contributed by atoms with Gasteiger partial charge in [0.25, 0.3) is 11.7 Å². The fourth-order valence-corrected chi connectivity index (χ4v) is 4.14. The molecule has 2 heterocycles. The maximum absolute atomic E-state index is 13.2. The molecule has 4 rings (SSSR count). The van der Waals surface area contributed by atoms with E-state index in [9.17, 15) is 14.7 Å². The van der Waals surface area contributed by atoms with Gasteiger partial charge in [0, 0.05) is 23.5 Å². The van der Waals surface area contributed by atoms with Crippen LogP contribution < -0.4 is 4.74 Å². The van der Waals surface area contributed by atoms with Gasteiger partial charge in [-0.3, -0.25) is 14.6 Å². The van der Waals surface area contributed by atoms with E-state index in [0.717, 1.165) is 16.7 Å². The Labute approximate surface area is 193 Å². The molecule has 0 aliphatic carbocycles. The second-order valence-electron chi connectivity index (χ2n) is 8.30. The number of ether oxygens (including phenoxy) is 1. The number of Topliss-reactive ketones (excluding diaryl/α,β-unsaturated/α-hetero) is 1. The topological polar surface area (TPSA) is 79.7 Å². The fourth-order valence-electron chi connectivity index (χ4n) is 4.14. The number of ketones is 1. The molecular formula is C27H26N2O4. The molecule has 6 heteroatoms. The van der Waals surface area contributed by atoms with E-state index >= 15 is 0 Å². The van der Waals surface area contributed by atoms with Crippen LogP contribution in [0.15, 0.2) is 78.6 Å². The Hall–Kier alpha value is -3.93. The van der Waals surface area contributed by atoms with Gasteiger partial charge in [-0.25, -0.2) is 0 Å². The molecule has 1 aromatic heterocycles. The minimum Gasteiger partial charge on any atom is -0.507 e. The van der Waals surface area contributed by atoms with Crippen LogP contribution in [0.4, 0.5) is 0 Å². The van der Waals surface area contributed by atoms with Crippen LogP contribution in [-0.2, 0) is 16.1 Å². The van der Waals surface area contributed by atoms with Crippen LogP contribution >= 0.6 is 0 Å². The molecular weight excluding hydrogens is 416 g/mol. The number of aliphatic hydroxyl groups excluding tert-OH is 1. The van der Waals surface area contributed by atoms with Crippen molar-refractivity contribution >= 4 is 17.4 Å². The first-order valence-corrected chi connectivity index (χ1v) is 10.8. The van der Waals surface area contributed by atoms with Crippen molar-refractivity contribution < 1.29 is 19.4 Å². The second-order valence-corrected chi connectivity index (χ2v) is 8.30. The van der Waals surface area contributed by atoms with Gasteiger partial charge in [0.15, 0.2) is 0 Å². The largest absolute Gasteiger partial charge is 0.507 e. The summed E-state index contributed by atoms with van der Waals surface area (Å²) in [7, 11) is 1.57. The van der Waals surface area contributed by atoms with Gasteiger partial charge in [0.1, 0.15) is 11.5 Å². The Kier molecular flexibility index (Phi) is 6.27. The predicted octanol–water partition coefficient (Wildman–Crippen LogP) is 4.84. The molecule has 1 aliphatic heterocycles. The Balaban J connectivity index is 1.86. The summed E-state index contributed by atoms with van der Waals surface area (Å²) in [5.41, 5.74) is 3.18. The predicted molar refractivity (Wildman–Crippen MR) is 126 cm³/mol. The first-order chi connectivity index (χ1) is 15.9. The van der Waals surface area contributed by atoms with Crippen LogP contribution in [0.1, 0.15) is 48.1 Å². The third-order valence-electron chi connectivity index (χ3n) is 5.95. The molecule has 1 fully saturated rings. The fraction of sp³-hybridized carbons (Fsp3) is 0.222. The van der Waals surface area contributed by atoms with E-state index in [2.05, 4.69) is 18.8 Å². The lowest BCUT2D eigenvalue weighted by molar-refractivity contribution is -0.140. The maximum atomic E-state index is 13.2. The molecule has 0 saturated carbocycles. The summed E-state index contributed by atoms with van der Waals surface area (Å²) in [5.74, 6) is -0.610. The van der Waals surface area contributed by atoms with Crippen molar-refractivity contribution in [3.63, 3.8) is 0 Å². The minimum atomic E-state index is -0.732. The van der Waals surface area contributed by atoms with Gasteiger partial charge in [0.2, 0.25) is 0 Å². The Morgan fingerprint density at radius 3 is 2.33 bits per heavy atom. The number of aromatic nitrogens is 1. The van der Waals surface area contributed by atoms with E-state index in [4.69, 9.17) is 4.74 Å². The third kappa shape index (κ3) is 4.24. The Bertz CT molecular complexity index is 1200. The highest BCUT2D eigenvalue weighted by molar-refractivity contribution is 6.46. The average Bonchev–Trinajstić information content (AvgIpc) is 3.09. The summed E-state index contributed by atoms with van der Waals surface area (Å²) >= 11 is 0. The zero-order valence-corrected chi connectivity index (χ0v) is 18.9. The number of nitrogens with zero attached hydrogens (tertiary/aromatic N) is 2. The summed E-state index contributed by atoms with van der Waals surface area (Å²) in [6.45, 7) is 4.37. The number of aliphatic hydroxyl groups is 1. The van der Waals surface area contributed by atoms with Crippen LogP contribution in [0.25, 0.3) is 5.76 Å². The van der Waals surface area contributed by atoms with Crippen LogP contribution in [-0.4, -0.2) is 33.8 Å². The number of carbonyl (C=O) groups is 2. The number of rotatable bonds is 6. The molecule has 2 aromatic carbocycles. The van der Waals surface area contributed by atoms with E-state index in [1.165, 1.54) is 17.3 Å². The average molecular weight is 443 g/mol. The van der Waals surface area contributed by atoms with Gasteiger partial charge in [-0.05, 0) is 35.2 Å². The van der Waals surface area contributed by atoms with Crippen molar-refractivity contribution in [2.75, 3.05) is 7.11 Å². The van der Waals surface area contributed by atoms with E-state index < -0.39 is 17.7 Å². The van der Waals surface area contributed by atoms with Gasteiger partial charge in [-0.15, -0.1) is 0 Å². The van der Waals surface area contributed by atoms with Gasteiger partial charge in [-0.1, -0.05) is 56.3 Å². The molecule has 6 nitrogen and oxygen atoms in total. The first kappa shape index (κ1) is 22.3. The third-order valence-corrected chi connectivity index (χ3v) is 5.95. The number of likely N-dealkylation sites (tertiary alicyclic amines) is 1. The lowest BCUT2D eigenvalue weighted by atomic mass is 9.93. The number of methoxy groups -OCH3 is 1. The number of pyridine rings is 1. The number of carbonyl (C=O) groups excluding carboxylic acids is 2.